The summed E-state index contributed by atoms with van der Waals surface area (Å²) in [6.07, 6.45) is 4.13. The molecule has 3 heterocycles. The maximum Gasteiger partial charge on any atom is 0.299 e. The second kappa shape index (κ2) is 9.49. The molecule has 184 valence electrons. The van der Waals surface area contributed by atoms with E-state index in [0.717, 1.165) is 18.3 Å². The number of pyridine rings is 1. The standard InChI is InChI=1S/C24H22F4N4O3/c1-2-24(27,28)14-35-20-7-15(25)3-4-18(20)21-19-10-32(22(33)17(19)5-6-31-21)16(8-29)9-30-11-23(26)12-34-13-23/h2-9,29-30H,1,10-14H2/b16-9+,29-8?. The summed E-state index contributed by atoms with van der Waals surface area (Å²) in [6.45, 7) is 1.90. The number of benzene rings is 1. The summed E-state index contributed by atoms with van der Waals surface area (Å²) in [5.41, 5.74) is -0.111. The van der Waals surface area contributed by atoms with E-state index in [2.05, 4.69) is 16.9 Å². The van der Waals surface area contributed by atoms with E-state index in [1.54, 1.807) is 0 Å². The Kier molecular flexibility index (Phi) is 6.62. The Labute approximate surface area is 198 Å². The number of rotatable bonds is 10. The summed E-state index contributed by atoms with van der Waals surface area (Å²) in [7, 11) is 0. The number of carbonyl (C=O) groups excluding carboxylic acids is 1. The first-order valence-corrected chi connectivity index (χ1v) is 10.6. The molecule has 0 atom stereocenters. The Hall–Kier alpha value is -3.73. The number of fused-ring (bicyclic) bond motifs is 1. The summed E-state index contributed by atoms with van der Waals surface area (Å²) in [4.78, 5) is 18.7. The summed E-state index contributed by atoms with van der Waals surface area (Å²) in [5.74, 6) is -4.62. The third-order valence-electron chi connectivity index (χ3n) is 5.61. The number of nitrogens with one attached hydrogen (secondary N) is 2. The third kappa shape index (κ3) is 5.04. The van der Waals surface area contributed by atoms with Gasteiger partial charge < -0.3 is 25.1 Å². The highest BCUT2D eigenvalue weighted by molar-refractivity contribution is 6.03. The minimum atomic E-state index is -3.33. The van der Waals surface area contributed by atoms with Crippen molar-refractivity contribution in [3.8, 4) is 17.0 Å². The van der Waals surface area contributed by atoms with Gasteiger partial charge in [0, 0.05) is 41.4 Å². The summed E-state index contributed by atoms with van der Waals surface area (Å²) < 4.78 is 65.4. The Bertz CT molecular complexity index is 1200. The zero-order valence-corrected chi connectivity index (χ0v) is 18.5. The lowest BCUT2D eigenvalue weighted by Crippen LogP contribution is -2.51. The van der Waals surface area contributed by atoms with Crippen molar-refractivity contribution in [1.29, 1.82) is 5.41 Å². The smallest absolute Gasteiger partial charge is 0.299 e. The number of allylic oxidation sites excluding steroid dienone is 1. The highest BCUT2D eigenvalue weighted by atomic mass is 19.3. The van der Waals surface area contributed by atoms with Crippen LogP contribution in [0.1, 0.15) is 15.9 Å². The van der Waals surface area contributed by atoms with Crippen LogP contribution in [0.25, 0.3) is 11.3 Å². The van der Waals surface area contributed by atoms with Crippen molar-refractivity contribution < 1.29 is 31.8 Å². The molecule has 1 aromatic heterocycles. The Balaban J connectivity index is 1.62. The van der Waals surface area contributed by atoms with Crippen molar-refractivity contribution in [2.24, 2.45) is 0 Å². The van der Waals surface area contributed by atoms with E-state index in [1.165, 1.54) is 29.4 Å². The van der Waals surface area contributed by atoms with Gasteiger partial charge >= 0.3 is 0 Å². The van der Waals surface area contributed by atoms with Gasteiger partial charge in [-0.25, -0.2) is 8.78 Å². The number of amides is 1. The quantitative estimate of drug-likeness (QED) is 0.300. The average molecular weight is 490 g/mol. The lowest BCUT2D eigenvalue weighted by molar-refractivity contribution is -0.125. The van der Waals surface area contributed by atoms with Gasteiger partial charge in [-0.3, -0.25) is 9.78 Å². The van der Waals surface area contributed by atoms with Gasteiger partial charge in [-0.2, -0.15) is 8.78 Å². The fourth-order valence-corrected chi connectivity index (χ4v) is 3.67. The van der Waals surface area contributed by atoms with Crippen LogP contribution in [0.2, 0.25) is 0 Å². The molecule has 0 saturated carbocycles. The monoisotopic (exact) mass is 490 g/mol. The molecule has 2 aromatic rings. The van der Waals surface area contributed by atoms with Gasteiger partial charge in [-0.15, -0.1) is 0 Å². The third-order valence-corrected chi connectivity index (χ3v) is 5.61. The fraction of sp³-hybridized carbons (Fsp3) is 0.292. The number of hydrogen-bond donors (Lipinski definition) is 2. The second-order valence-electron chi connectivity index (χ2n) is 8.21. The Morgan fingerprint density at radius 1 is 1.34 bits per heavy atom. The van der Waals surface area contributed by atoms with E-state index in [-0.39, 0.29) is 54.6 Å². The van der Waals surface area contributed by atoms with Crippen LogP contribution in [0.5, 0.6) is 5.75 Å². The van der Waals surface area contributed by atoms with E-state index in [9.17, 15) is 22.4 Å². The zero-order chi connectivity index (χ0) is 25.2. The molecule has 2 aliphatic rings. The van der Waals surface area contributed by atoms with Gasteiger partial charge in [0.15, 0.2) is 12.3 Å². The molecule has 1 saturated heterocycles. The van der Waals surface area contributed by atoms with Crippen molar-refractivity contribution in [2.45, 2.75) is 18.1 Å². The molecule has 0 bridgehead atoms. The average Bonchev–Trinajstić information content (AvgIpc) is 3.16. The van der Waals surface area contributed by atoms with E-state index in [1.807, 2.05) is 0 Å². The lowest BCUT2D eigenvalue weighted by Gasteiger charge is -2.33. The second-order valence-corrected chi connectivity index (χ2v) is 8.21. The molecule has 11 heteroatoms. The van der Waals surface area contributed by atoms with Crippen LogP contribution in [-0.4, -0.2) is 60.0 Å². The van der Waals surface area contributed by atoms with Crippen molar-refractivity contribution in [3.05, 3.63) is 72.0 Å². The molecule has 1 amide bonds. The van der Waals surface area contributed by atoms with Crippen LogP contribution in [0.15, 0.2) is 55.0 Å². The highest BCUT2D eigenvalue weighted by Gasteiger charge is 2.38. The molecule has 35 heavy (non-hydrogen) atoms. The summed E-state index contributed by atoms with van der Waals surface area (Å²) >= 11 is 0. The van der Waals surface area contributed by atoms with Gasteiger partial charge in [-0.05, 0) is 24.3 Å². The van der Waals surface area contributed by atoms with E-state index in [4.69, 9.17) is 14.9 Å². The van der Waals surface area contributed by atoms with E-state index >= 15 is 0 Å². The summed E-state index contributed by atoms with van der Waals surface area (Å²) in [6, 6.07) is 4.93. The highest BCUT2D eigenvalue weighted by Crippen LogP contribution is 2.37. The van der Waals surface area contributed by atoms with Crippen LogP contribution in [0, 0.1) is 11.2 Å². The molecule has 1 fully saturated rings. The number of halogens is 4. The number of nitrogens with zero attached hydrogens (tertiary/aromatic N) is 2. The number of hydrogen-bond acceptors (Lipinski definition) is 6. The minimum absolute atomic E-state index is 0.00372. The first-order chi connectivity index (χ1) is 16.7. The predicted molar refractivity (Wildman–Crippen MR) is 120 cm³/mol. The van der Waals surface area contributed by atoms with Crippen molar-refractivity contribution >= 4 is 12.1 Å². The van der Waals surface area contributed by atoms with Gasteiger partial charge in [-0.1, -0.05) is 6.58 Å². The molecule has 7 nitrogen and oxygen atoms in total. The van der Waals surface area contributed by atoms with Gasteiger partial charge in [0.05, 0.1) is 37.7 Å². The van der Waals surface area contributed by atoms with Crippen molar-refractivity contribution in [2.75, 3.05) is 26.4 Å². The molecule has 4 rings (SSSR count). The molecular weight excluding hydrogens is 468 g/mol. The normalized spacial score (nSPS) is 17.0. The predicted octanol–water partition coefficient (Wildman–Crippen LogP) is 3.86. The number of aromatic nitrogens is 1. The number of carbonyl (C=O) groups is 1. The topological polar surface area (TPSA) is 87.5 Å². The van der Waals surface area contributed by atoms with Crippen LogP contribution >= 0.6 is 0 Å². The first kappa shape index (κ1) is 24.4. The molecule has 0 unspecified atom stereocenters. The number of alkyl halides is 3. The fourth-order valence-electron chi connectivity index (χ4n) is 3.67. The van der Waals surface area contributed by atoms with E-state index < -0.39 is 29.9 Å². The molecule has 1 aromatic carbocycles. The molecule has 0 radical (unpaired) electrons. The van der Waals surface area contributed by atoms with Crippen LogP contribution in [-0.2, 0) is 11.3 Å². The largest absolute Gasteiger partial charge is 0.486 e. The van der Waals surface area contributed by atoms with E-state index in [0.29, 0.717) is 11.6 Å². The van der Waals surface area contributed by atoms with Crippen molar-refractivity contribution in [3.63, 3.8) is 0 Å². The van der Waals surface area contributed by atoms with Crippen LogP contribution < -0.4 is 10.1 Å². The number of ether oxygens (including phenoxy) is 2. The molecule has 2 aliphatic heterocycles. The Morgan fingerprint density at radius 2 is 2.11 bits per heavy atom. The van der Waals surface area contributed by atoms with Gasteiger partial charge in [0.1, 0.15) is 11.6 Å². The Morgan fingerprint density at radius 3 is 2.77 bits per heavy atom. The first-order valence-electron chi connectivity index (χ1n) is 10.6. The maximum atomic E-state index is 14.1. The van der Waals surface area contributed by atoms with Gasteiger partial charge in [0.2, 0.25) is 0 Å². The molecule has 0 aliphatic carbocycles. The van der Waals surface area contributed by atoms with Gasteiger partial charge in [0.25, 0.3) is 11.8 Å². The van der Waals surface area contributed by atoms with Crippen LogP contribution in [0.3, 0.4) is 0 Å². The molecule has 0 spiro atoms. The summed E-state index contributed by atoms with van der Waals surface area (Å²) in [5, 5.41) is 10.5. The van der Waals surface area contributed by atoms with Crippen molar-refractivity contribution in [1.82, 2.24) is 15.2 Å². The van der Waals surface area contributed by atoms with Crippen LogP contribution in [0.4, 0.5) is 17.6 Å². The maximum absolute atomic E-state index is 14.1. The molecule has 2 N–H and O–H groups in total. The lowest BCUT2D eigenvalue weighted by atomic mass is 10.0. The molecular formula is C24H22F4N4O3. The SMILES string of the molecule is C=CC(F)(F)COc1cc(F)ccc1-c1nccc2c1CN(/C(C=N)=C/NCC1(F)COC1)C2=O. The zero-order valence-electron chi connectivity index (χ0n) is 18.5. The minimum Gasteiger partial charge on any atom is -0.486 e.